The summed E-state index contributed by atoms with van der Waals surface area (Å²) in [6.07, 6.45) is 0.410. The molecule has 6 nitrogen and oxygen atoms in total. The Morgan fingerprint density at radius 2 is 2.22 bits per heavy atom. The van der Waals surface area contributed by atoms with E-state index in [1.165, 1.54) is 0 Å². The number of alkyl halides is 1. The van der Waals surface area contributed by atoms with E-state index < -0.39 is 10.0 Å². The lowest BCUT2D eigenvalue weighted by molar-refractivity contribution is 0.600. The summed E-state index contributed by atoms with van der Waals surface area (Å²) in [4.78, 5) is 0. The lowest BCUT2D eigenvalue weighted by atomic mass is 10.2. The summed E-state index contributed by atoms with van der Waals surface area (Å²) < 4.78 is 25.9. The molecule has 4 N–H and O–H groups in total. The van der Waals surface area contributed by atoms with Crippen LogP contribution in [0.15, 0.2) is 18.2 Å². The fourth-order valence-electron chi connectivity index (χ4n) is 1.57. The quantitative estimate of drug-likeness (QED) is 0.726. The summed E-state index contributed by atoms with van der Waals surface area (Å²) in [6.45, 7) is 0. The number of nitrogens with two attached hydrogens (primary N) is 1. The average Bonchev–Trinajstić information content (AvgIpc) is 2.68. The summed E-state index contributed by atoms with van der Waals surface area (Å²) in [7, 11) is -3.37. The van der Waals surface area contributed by atoms with Gasteiger partial charge in [0.2, 0.25) is 10.0 Å². The van der Waals surface area contributed by atoms with E-state index in [2.05, 4.69) is 14.9 Å². The van der Waals surface area contributed by atoms with Crippen LogP contribution in [-0.4, -0.2) is 30.2 Å². The van der Waals surface area contributed by atoms with Gasteiger partial charge in [-0.1, -0.05) is 0 Å². The topological polar surface area (TPSA) is 101 Å². The first-order valence-electron chi connectivity index (χ1n) is 5.32. The second-order valence-electron chi connectivity index (χ2n) is 3.83. The van der Waals surface area contributed by atoms with Gasteiger partial charge < -0.3 is 5.73 Å². The molecule has 0 aliphatic carbocycles. The van der Waals surface area contributed by atoms with Gasteiger partial charge >= 0.3 is 0 Å². The molecule has 0 radical (unpaired) electrons. The number of benzene rings is 1. The number of nitrogen functional groups attached to an aromatic ring is 1. The Bertz CT molecular complexity index is 653. The summed E-state index contributed by atoms with van der Waals surface area (Å²) in [5, 5.41) is 7.27. The van der Waals surface area contributed by atoms with Crippen molar-refractivity contribution in [2.45, 2.75) is 6.42 Å². The van der Waals surface area contributed by atoms with Crippen molar-refractivity contribution < 1.29 is 8.42 Å². The van der Waals surface area contributed by atoms with Crippen molar-refractivity contribution in [1.82, 2.24) is 10.2 Å². The molecule has 1 aromatic carbocycles. The van der Waals surface area contributed by atoms with E-state index in [0.717, 1.165) is 5.52 Å². The van der Waals surface area contributed by atoms with E-state index in [1.54, 1.807) is 18.2 Å². The minimum absolute atomic E-state index is 0.00456. The van der Waals surface area contributed by atoms with Crippen molar-refractivity contribution in [2.24, 2.45) is 0 Å². The van der Waals surface area contributed by atoms with E-state index >= 15 is 0 Å². The van der Waals surface area contributed by atoms with Gasteiger partial charge in [0, 0.05) is 17.0 Å². The Balaban J connectivity index is 2.24. The first-order chi connectivity index (χ1) is 8.52. The maximum Gasteiger partial charge on any atom is 0.232 e. The van der Waals surface area contributed by atoms with Crippen LogP contribution in [0.4, 0.5) is 11.5 Å². The van der Waals surface area contributed by atoms with Gasteiger partial charge in [-0.2, -0.15) is 5.10 Å². The molecular weight excluding hydrogens is 276 g/mol. The highest BCUT2D eigenvalue weighted by Crippen LogP contribution is 2.22. The van der Waals surface area contributed by atoms with E-state index in [4.69, 9.17) is 17.3 Å². The third-order valence-corrected chi connectivity index (χ3v) is 4.05. The number of nitrogens with zero attached hydrogens (tertiary/aromatic N) is 1. The third-order valence-electron chi connectivity index (χ3n) is 2.41. The molecule has 0 bridgehead atoms. The molecule has 2 aromatic rings. The third kappa shape index (κ3) is 2.85. The summed E-state index contributed by atoms with van der Waals surface area (Å²) in [6, 6.07) is 5.02. The van der Waals surface area contributed by atoms with Gasteiger partial charge in [-0.15, -0.1) is 11.6 Å². The molecule has 1 heterocycles. The highest BCUT2D eigenvalue weighted by Gasteiger charge is 2.11. The van der Waals surface area contributed by atoms with Crippen LogP contribution >= 0.6 is 11.6 Å². The van der Waals surface area contributed by atoms with Gasteiger partial charge in [-0.05, 0) is 24.6 Å². The molecule has 8 heteroatoms. The summed E-state index contributed by atoms with van der Waals surface area (Å²) in [5.41, 5.74) is 6.88. The smallest absolute Gasteiger partial charge is 0.232 e. The zero-order valence-electron chi connectivity index (χ0n) is 9.48. The van der Waals surface area contributed by atoms with Gasteiger partial charge in [0.1, 0.15) is 0 Å². The summed E-state index contributed by atoms with van der Waals surface area (Å²) in [5.74, 6) is 0.649. The normalized spacial score (nSPS) is 11.8. The number of H-pyrrole nitrogens is 1. The van der Waals surface area contributed by atoms with Crippen LogP contribution in [0.25, 0.3) is 10.9 Å². The molecule has 2 rings (SSSR count). The minimum Gasteiger partial charge on any atom is -0.382 e. The van der Waals surface area contributed by atoms with Gasteiger partial charge in [-0.25, -0.2) is 8.42 Å². The Kier molecular flexibility index (Phi) is 3.63. The second kappa shape index (κ2) is 5.03. The molecule has 0 saturated heterocycles. The molecule has 0 fully saturated rings. The van der Waals surface area contributed by atoms with Crippen molar-refractivity contribution in [2.75, 3.05) is 22.1 Å². The highest BCUT2D eigenvalue weighted by atomic mass is 35.5. The molecule has 0 aliphatic heterocycles. The molecule has 0 unspecified atom stereocenters. The van der Waals surface area contributed by atoms with Crippen LogP contribution in [0.5, 0.6) is 0 Å². The second-order valence-corrected chi connectivity index (χ2v) is 6.05. The number of rotatable bonds is 5. The Morgan fingerprint density at radius 1 is 1.44 bits per heavy atom. The Hall–Kier alpha value is -1.47. The first-order valence-corrected chi connectivity index (χ1v) is 7.50. The van der Waals surface area contributed by atoms with Crippen molar-refractivity contribution in [3.8, 4) is 0 Å². The monoisotopic (exact) mass is 288 g/mol. The molecule has 0 atom stereocenters. The molecule has 1 aromatic heterocycles. The Labute approximate surface area is 110 Å². The summed E-state index contributed by atoms with van der Waals surface area (Å²) >= 11 is 5.47. The predicted octanol–water partition coefficient (Wildman–Crippen LogP) is 1.52. The Morgan fingerprint density at radius 3 is 2.94 bits per heavy atom. The van der Waals surface area contributed by atoms with E-state index in [9.17, 15) is 8.42 Å². The molecule has 18 heavy (non-hydrogen) atoms. The van der Waals surface area contributed by atoms with Crippen molar-refractivity contribution in [3.05, 3.63) is 18.2 Å². The molecule has 0 aliphatic rings. The van der Waals surface area contributed by atoms with Crippen molar-refractivity contribution in [1.29, 1.82) is 0 Å². The fraction of sp³-hybridized carbons (Fsp3) is 0.300. The number of nitrogens with one attached hydrogen (secondary N) is 2. The van der Waals surface area contributed by atoms with Crippen LogP contribution in [0.1, 0.15) is 6.42 Å². The van der Waals surface area contributed by atoms with Crippen LogP contribution < -0.4 is 10.5 Å². The molecular formula is C10H13ClN4O2S. The average molecular weight is 289 g/mol. The molecule has 98 valence electrons. The minimum atomic E-state index is -3.37. The van der Waals surface area contributed by atoms with Crippen LogP contribution in [0.3, 0.4) is 0 Å². The lowest BCUT2D eigenvalue weighted by Gasteiger charge is -2.07. The first kappa shape index (κ1) is 13.0. The predicted molar refractivity (Wildman–Crippen MR) is 73.3 cm³/mol. The number of aromatic nitrogens is 2. The van der Waals surface area contributed by atoms with Crippen LogP contribution in [-0.2, 0) is 10.0 Å². The van der Waals surface area contributed by atoms with Gasteiger partial charge in [-0.3, -0.25) is 9.82 Å². The van der Waals surface area contributed by atoms with Crippen molar-refractivity contribution >= 4 is 44.0 Å². The number of sulfonamides is 1. The molecule has 0 amide bonds. The molecule has 0 saturated carbocycles. The number of fused-ring (bicyclic) bond motifs is 1. The zero-order chi connectivity index (χ0) is 13.2. The van der Waals surface area contributed by atoms with Crippen LogP contribution in [0, 0.1) is 0 Å². The highest BCUT2D eigenvalue weighted by molar-refractivity contribution is 7.92. The van der Waals surface area contributed by atoms with E-state index in [1.807, 2.05) is 0 Å². The van der Waals surface area contributed by atoms with E-state index in [0.29, 0.717) is 29.2 Å². The zero-order valence-corrected chi connectivity index (χ0v) is 11.1. The maximum atomic E-state index is 11.7. The SMILES string of the molecule is Nc1n[nH]c2ccc(NS(=O)(=O)CCCCl)cc12. The van der Waals surface area contributed by atoms with Gasteiger partial charge in [0.25, 0.3) is 0 Å². The number of halogens is 1. The lowest BCUT2D eigenvalue weighted by Crippen LogP contribution is -2.16. The molecule has 0 spiro atoms. The van der Waals surface area contributed by atoms with Crippen molar-refractivity contribution in [3.63, 3.8) is 0 Å². The fourth-order valence-corrected chi connectivity index (χ4v) is 2.98. The van der Waals surface area contributed by atoms with Crippen LogP contribution in [0.2, 0.25) is 0 Å². The van der Waals surface area contributed by atoms with Gasteiger partial charge in [0.15, 0.2) is 5.82 Å². The standard InChI is InChI=1S/C10H13ClN4O2S/c11-4-1-5-18(16,17)15-7-2-3-9-8(6-7)10(12)14-13-9/h2-3,6,15H,1,4-5H2,(H3,12,13,14). The number of hydrogen-bond acceptors (Lipinski definition) is 4. The van der Waals surface area contributed by atoms with Gasteiger partial charge in [0.05, 0.1) is 11.3 Å². The van der Waals surface area contributed by atoms with E-state index in [-0.39, 0.29) is 5.75 Å². The number of aromatic amines is 1. The maximum absolute atomic E-state index is 11.7. The number of anilines is 2. The largest absolute Gasteiger partial charge is 0.382 e. The number of hydrogen-bond donors (Lipinski definition) is 3.